The SMILES string of the molecule is COc1cccnc1C#N.C[C@]12CCCN1N(Cc1cccc(F)c1F)C(=O)C(C(=O)Nc1ccccc1C(F)(F)F)=C2O. The van der Waals surface area contributed by atoms with E-state index < -0.39 is 64.3 Å². The van der Waals surface area contributed by atoms with Gasteiger partial charge in [0.2, 0.25) is 0 Å². The minimum absolute atomic E-state index is 0.161. The maximum absolute atomic E-state index is 14.3. The summed E-state index contributed by atoms with van der Waals surface area (Å²) in [5, 5.41) is 23.9. The van der Waals surface area contributed by atoms with Crippen molar-refractivity contribution >= 4 is 17.5 Å². The highest BCUT2D eigenvalue weighted by Crippen LogP contribution is 2.42. The number of hydrogen-bond acceptors (Lipinski definition) is 7. The van der Waals surface area contributed by atoms with Crippen LogP contribution in [0.25, 0.3) is 0 Å². The number of ether oxygens (including phenoxy) is 1. The van der Waals surface area contributed by atoms with Crippen molar-refractivity contribution < 1.29 is 41.4 Å². The summed E-state index contributed by atoms with van der Waals surface area (Å²) in [5.74, 6) is -4.64. The van der Waals surface area contributed by atoms with Crippen molar-refractivity contribution in [2.75, 3.05) is 19.0 Å². The normalized spacial score (nSPS) is 18.2. The van der Waals surface area contributed by atoms with E-state index in [4.69, 9.17) is 10.00 Å². The number of alkyl halides is 3. The van der Waals surface area contributed by atoms with E-state index in [2.05, 4.69) is 10.3 Å². The van der Waals surface area contributed by atoms with Crippen LogP contribution in [-0.2, 0) is 22.3 Å². The summed E-state index contributed by atoms with van der Waals surface area (Å²) in [5.41, 5.74) is -3.53. The molecule has 3 aromatic rings. The van der Waals surface area contributed by atoms with Gasteiger partial charge in [-0.3, -0.25) is 14.6 Å². The van der Waals surface area contributed by atoms with Crippen LogP contribution in [0, 0.1) is 23.0 Å². The Balaban J connectivity index is 0.000000375. The summed E-state index contributed by atoms with van der Waals surface area (Å²) in [4.78, 5) is 30.1. The maximum Gasteiger partial charge on any atom is 0.418 e. The molecule has 9 nitrogen and oxygen atoms in total. The average Bonchev–Trinajstić information content (AvgIpc) is 3.40. The van der Waals surface area contributed by atoms with Gasteiger partial charge in [0.15, 0.2) is 23.1 Å². The van der Waals surface area contributed by atoms with Crippen molar-refractivity contribution in [3.05, 3.63) is 101 Å². The molecule has 14 heteroatoms. The standard InChI is InChI=1S/C23H20F5N3O3.C7H6N2O/c1-22-10-5-11-31(22)30(12-13-6-4-8-15(24)18(13)25)21(34)17(19(22)32)20(33)29-16-9-3-2-7-14(16)23(26,27)28;1-10-7-3-2-4-9-6(7)5-8/h2-4,6-9,32H,5,10-12H2,1H3,(H,29,33);2-4H,1H3/t22-;/m1./s1. The molecule has 0 unspecified atom stereocenters. The summed E-state index contributed by atoms with van der Waals surface area (Å²) in [6.45, 7) is 1.41. The molecule has 0 spiro atoms. The fourth-order valence-corrected chi connectivity index (χ4v) is 5.04. The van der Waals surface area contributed by atoms with Gasteiger partial charge in [0.25, 0.3) is 11.8 Å². The first-order chi connectivity index (χ1) is 20.8. The molecule has 1 saturated heterocycles. The van der Waals surface area contributed by atoms with E-state index >= 15 is 0 Å². The topological polar surface area (TPSA) is 119 Å². The van der Waals surface area contributed by atoms with E-state index in [-0.39, 0.29) is 12.1 Å². The third-order valence-corrected chi connectivity index (χ3v) is 7.25. The van der Waals surface area contributed by atoms with Crippen molar-refractivity contribution in [1.29, 1.82) is 5.26 Å². The van der Waals surface area contributed by atoms with Crippen molar-refractivity contribution in [3.8, 4) is 11.8 Å². The molecule has 2 aliphatic rings. The zero-order chi connectivity index (χ0) is 32.2. The molecule has 5 rings (SSSR count). The number of aliphatic hydroxyl groups is 1. The van der Waals surface area contributed by atoms with Gasteiger partial charge < -0.3 is 15.2 Å². The van der Waals surface area contributed by atoms with Crippen LogP contribution >= 0.6 is 0 Å². The van der Waals surface area contributed by atoms with Crippen molar-refractivity contribution in [1.82, 2.24) is 15.0 Å². The fourth-order valence-electron chi connectivity index (χ4n) is 5.04. The molecular formula is C30H26F5N5O4. The first-order valence-electron chi connectivity index (χ1n) is 13.2. The van der Waals surface area contributed by atoms with Crippen LogP contribution in [0.3, 0.4) is 0 Å². The lowest BCUT2D eigenvalue weighted by Gasteiger charge is -2.46. The molecule has 1 atom stereocenters. The molecule has 2 N–H and O–H groups in total. The zero-order valence-electron chi connectivity index (χ0n) is 23.5. The number of benzene rings is 2. The van der Waals surface area contributed by atoms with E-state index in [0.717, 1.165) is 29.3 Å². The van der Waals surface area contributed by atoms with E-state index in [9.17, 15) is 36.6 Å². The van der Waals surface area contributed by atoms with Gasteiger partial charge in [-0.2, -0.15) is 18.4 Å². The number of anilines is 1. The van der Waals surface area contributed by atoms with Crippen LogP contribution < -0.4 is 10.1 Å². The van der Waals surface area contributed by atoms with Gasteiger partial charge in [0, 0.05) is 18.3 Å². The lowest BCUT2D eigenvalue weighted by atomic mass is 9.90. The lowest BCUT2D eigenvalue weighted by Crippen LogP contribution is -2.60. The number of carbonyl (C=O) groups is 2. The quantitative estimate of drug-likeness (QED) is 0.287. The second-order valence-corrected chi connectivity index (χ2v) is 9.96. The number of nitrogens with zero attached hydrogens (tertiary/aromatic N) is 4. The molecule has 0 bridgehead atoms. The Morgan fingerprint density at radius 2 is 1.89 bits per heavy atom. The van der Waals surface area contributed by atoms with Gasteiger partial charge in [-0.05, 0) is 50.1 Å². The minimum atomic E-state index is -4.77. The van der Waals surface area contributed by atoms with Gasteiger partial charge in [0.1, 0.15) is 17.4 Å². The molecule has 1 aromatic heterocycles. The summed E-state index contributed by atoms with van der Waals surface area (Å²) in [6, 6.07) is 13.0. The molecule has 2 aliphatic heterocycles. The summed E-state index contributed by atoms with van der Waals surface area (Å²) in [6.07, 6.45) is -2.38. The fraction of sp³-hybridized carbons (Fsp3) is 0.267. The van der Waals surface area contributed by atoms with Gasteiger partial charge in [-0.1, -0.05) is 24.3 Å². The Labute approximate surface area is 248 Å². The summed E-state index contributed by atoms with van der Waals surface area (Å²) in [7, 11) is 1.51. The Bertz CT molecular complexity index is 1660. The van der Waals surface area contributed by atoms with E-state index in [1.165, 1.54) is 30.3 Å². The number of carbonyl (C=O) groups excluding carboxylic acids is 2. The molecule has 2 amide bonds. The third-order valence-electron chi connectivity index (χ3n) is 7.25. The third kappa shape index (κ3) is 6.18. The number of nitriles is 1. The monoisotopic (exact) mass is 615 g/mol. The number of pyridine rings is 1. The number of hydrazine groups is 1. The molecule has 1 fully saturated rings. The Morgan fingerprint density at radius 3 is 2.55 bits per heavy atom. The number of rotatable bonds is 5. The Morgan fingerprint density at radius 1 is 1.16 bits per heavy atom. The first-order valence-corrected chi connectivity index (χ1v) is 13.2. The number of hydrogen-bond donors (Lipinski definition) is 2. The molecule has 0 radical (unpaired) electrons. The van der Waals surface area contributed by atoms with Crippen LogP contribution in [0.15, 0.2) is 72.1 Å². The molecule has 44 heavy (non-hydrogen) atoms. The number of halogens is 5. The number of methoxy groups -OCH3 is 1. The molecule has 0 aliphatic carbocycles. The highest BCUT2D eigenvalue weighted by Gasteiger charge is 2.53. The number of aromatic nitrogens is 1. The minimum Gasteiger partial charge on any atom is -0.509 e. The average molecular weight is 616 g/mol. The smallest absolute Gasteiger partial charge is 0.418 e. The summed E-state index contributed by atoms with van der Waals surface area (Å²) >= 11 is 0. The predicted octanol–water partition coefficient (Wildman–Crippen LogP) is 5.51. The van der Waals surface area contributed by atoms with Crippen LogP contribution in [0.5, 0.6) is 5.75 Å². The molecule has 3 heterocycles. The van der Waals surface area contributed by atoms with Crippen molar-refractivity contribution in [2.24, 2.45) is 0 Å². The van der Waals surface area contributed by atoms with Crippen LogP contribution in [0.1, 0.15) is 36.6 Å². The number of para-hydroxylation sites is 1. The molecule has 2 aromatic carbocycles. The Hall–Kier alpha value is -5.03. The largest absolute Gasteiger partial charge is 0.509 e. The number of nitrogens with one attached hydrogen (secondary N) is 1. The van der Waals surface area contributed by atoms with Gasteiger partial charge in [-0.25, -0.2) is 18.8 Å². The maximum atomic E-state index is 14.3. The highest BCUT2D eigenvalue weighted by molar-refractivity contribution is 6.23. The highest BCUT2D eigenvalue weighted by atomic mass is 19.4. The first kappa shape index (κ1) is 31.9. The molecule has 0 saturated carbocycles. The number of amides is 2. The lowest BCUT2D eigenvalue weighted by molar-refractivity contribution is -0.160. The van der Waals surface area contributed by atoms with E-state index in [0.29, 0.717) is 24.3 Å². The van der Waals surface area contributed by atoms with Crippen molar-refractivity contribution in [3.63, 3.8) is 0 Å². The molecule has 230 valence electrons. The second kappa shape index (κ2) is 12.7. The van der Waals surface area contributed by atoms with Crippen LogP contribution in [0.4, 0.5) is 27.6 Å². The predicted molar refractivity (Wildman–Crippen MR) is 146 cm³/mol. The van der Waals surface area contributed by atoms with Crippen LogP contribution in [-0.4, -0.2) is 51.1 Å². The van der Waals surface area contributed by atoms with Gasteiger partial charge in [0.05, 0.1) is 30.4 Å². The molecular weight excluding hydrogens is 589 g/mol. The van der Waals surface area contributed by atoms with Crippen molar-refractivity contribution in [2.45, 2.75) is 38.0 Å². The number of fused-ring (bicyclic) bond motifs is 1. The number of aliphatic hydroxyl groups excluding tert-OH is 1. The second-order valence-electron chi connectivity index (χ2n) is 9.96. The zero-order valence-corrected chi connectivity index (χ0v) is 23.5. The van der Waals surface area contributed by atoms with Gasteiger partial charge in [-0.15, -0.1) is 0 Å². The Kier molecular flexibility index (Phi) is 9.19. The van der Waals surface area contributed by atoms with E-state index in [1.807, 2.05) is 6.07 Å². The van der Waals surface area contributed by atoms with E-state index in [1.54, 1.807) is 25.3 Å². The van der Waals surface area contributed by atoms with Gasteiger partial charge >= 0.3 is 6.18 Å². The van der Waals surface area contributed by atoms with Crippen LogP contribution in [0.2, 0.25) is 0 Å². The summed E-state index contributed by atoms with van der Waals surface area (Å²) < 4.78 is 72.9.